The lowest BCUT2D eigenvalue weighted by molar-refractivity contribution is -0.146. The van der Waals surface area contributed by atoms with Crippen molar-refractivity contribution in [1.82, 2.24) is 4.90 Å². The Labute approximate surface area is 113 Å². The van der Waals surface area contributed by atoms with E-state index >= 15 is 0 Å². The first-order valence-corrected chi connectivity index (χ1v) is 7.32. The molecule has 2 saturated heterocycles. The molecule has 1 aromatic rings. The van der Waals surface area contributed by atoms with Crippen LogP contribution in [-0.2, 0) is 9.53 Å². The molecule has 4 rings (SSSR count). The van der Waals surface area contributed by atoms with Gasteiger partial charge in [0.25, 0.3) is 0 Å². The highest BCUT2D eigenvalue weighted by molar-refractivity contribution is 5.81. The maximum absolute atomic E-state index is 12.4. The van der Waals surface area contributed by atoms with Gasteiger partial charge in [-0.05, 0) is 24.8 Å². The molecule has 3 aliphatic rings. The van der Waals surface area contributed by atoms with E-state index in [4.69, 9.17) is 4.74 Å². The summed E-state index contributed by atoms with van der Waals surface area (Å²) in [6.07, 6.45) is 5.27. The lowest BCUT2D eigenvalue weighted by Crippen LogP contribution is -2.47. The van der Waals surface area contributed by atoms with Crippen LogP contribution in [0, 0.1) is 5.92 Å². The van der Waals surface area contributed by atoms with Crippen LogP contribution < -0.4 is 0 Å². The number of rotatable bonds is 1. The Morgan fingerprint density at radius 1 is 1.21 bits per heavy atom. The summed E-state index contributed by atoms with van der Waals surface area (Å²) in [6.45, 7) is 0.659. The van der Waals surface area contributed by atoms with Crippen LogP contribution >= 0.6 is 0 Å². The van der Waals surface area contributed by atoms with Gasteiger partial charge in [0, 0.05) is 12.3 Å². The summed E-state index contributed by atoms with van der Waals surface area (Å²) in [4.78, 5) is 14.5. The summed E-state index contributed by atoms with van der Waals surface area (Å²) in [5.41, 5.74) is 0.939. The van der Waals surface area contributed by atoms with Crippen molar-refractivity contribution in [1.29, 1.82) is 0 Å². The Balaban J connectivity index is 1.73. The minimum atomic E-state index is -0.268. The van der Waals surface area contributed by atoms with E-state index in [0.29, 0.717) is 24.9 Å². The predicted molar refractivity (Wildman–Crippen MR) is 71.3 cm³/mol. The zero-order chi connectivity index (χ0) is 12.9. The highest BCUT2D eigenvalue weighted by atomic mass is 16.5. The van der Waals surface area contributed by atoms with Crippen molar-refractivity contribution in [3.63, 3.8) is 0 Å². The molecule has 2 heterocycles. The lowest BCUT2D eigenvalue weighted by Gasteiger charge is -2.40. The molecular weight excluding hydrogens is 238 g/mol. The molecule has 3 heteroatoms. The molecule has 0 bridgehead atoms. The molecule has 19 heavy (non-hydrogen) atoms. The van der Waals surface area contributed by atoms with Gasteiger partial charge in [-0.15, -0.1) is 0 Å². The number of hydrogen-bond acceptors (Lipinski definition) is 2. The Kier molecular flexibility index (Phi) is 2.46. The summed E-state index contributed by atoms with van der Waals surface area (Å²) in [5.74, 6) is 0.709. The molecule has 3 nitrogen and oxygen atoms in total. The summed E-state index contributed by atoms with van der Waals surface area (Å²) in [5, 5.41) is 0. The third kappa shape index (κ3) is 1.51. The zero-order valence-corrected chi connectivity index (χ0v) is 11.0. The molecule has 1 aromatic carbocycles. The fourth-order valence-electron chi connectivity index (χ4n) is 4.21. The number of nitrogens with zero attached hydrogens (tertiary/aromatic N) is 1. The number of carbonyl (C=O) groups is 1. The van der Waals surface area contributed by atoms with Crippen LogP contribution in [0.25, 0.3) is 0 Å². The van der Waals surface area contributed by atoms with Crippen molar-refractivity contribution in [2.45, 2.75) is 43.9 Å². The van der Waals surface area contributed by atoms with Gasteiger partial charge in [0.05, 0.1) is 12.6 Å². The predicted octanol–water partition coefficient (Wildman–Crippen LogP) is 2.88. The quantitative estimate of drug-likeness (QED) is 0.774. The number of amides is 1. The third-order valence-electron chi connectivity index (χ3n) is 5.06. The van der Waals surface area contributed by atoms with Gasteiger partial charge < -0.3 is 9.64 Å². The second-order valence-corrected chi connectivity index (χ2v) is 5.99. The van der Waals surface area contributed by atoms with Crippen LogP contribution in [-0.4, -0.2) is 23.1 Å². The number of hydrogen-bond donors (Lipinski definition) is 0. The van der Waals surface area contributed by atoms with Crippen LogP contribution in [0.2, 0.25) is 0 Å². The Morgan fingerprint density at radius 3 is 2.89 bits per heavy atom. The van der Waals surface area contributed by atoms with Crippen LogP contribution in [0.5, 0.6) is 0 Å². The van der Waals surface area contributed by atoms with Gasteiger partial charge >= 0.3 is 0 Å². The van der Waals surface area contributed by atoms with Gasteiger partial charge in [-0.3, -0.25) is 4.79 Å². The molecule has 2 aliphatic heterocycles. The van der Waals surface area contributed by atoms with E-state index in [1.165, 1.54) is 18.4 Å². The highest BCUT2D eigenvalue weighted by Crippen LogP contribution is 2.53. The summed E-state index contributed by atoms with van der Waals surface area (Å²) in [7, 11) is 0. The average molecular weight is 257 g/mol. The normalized spacial score (nSPS) is 37.3. The highest BCUT2D eigenvalue weighted by Gasteiger charge is 2.60. The van der Waals surface area contributed by atoms with Crippen molar-refractivity contribution in [2.75, 3.05) is 6.61 Å². The first-order chi connectivity index (χ1) is 9.31. The van der Waals surface area contributed by atoms with Crippen molar-refractivity contribution in [3.05, 3.63) is 35.9 Å². The maximum atomic E-state index is 12.4. The number of benzene rings is 1. The molecule has 0 unspecified atom stereocenters. The largest absolute Gasteiger partial charge is 0.353 e. The Morgan fingerprint density at radius 2 is 2.05 bits per heavy atom. The fraction of sp³-hybridized carbons (Fsp3) is 0.562. The van der Waals surface area contributed by atoms with Crippen LogP contribution in [0.4, 0.5) is 0 Å². The van der Waals surface area contributed by atoms with Crippen LogP contribution in [0.3, 0.4) is 0 Å². The molecule has 0 radical (unpaired) electrons. The van der Waals surface area contributed by atoms with Gasteiger partial charge in [0.1, 0.15) is 5.72 Å². The molecule has 0 N–H and O–H groups in total. The molecule has 1 aliphatic carbocycles. The smallest absolute Gasteiger partial charge is 0.225 e. The first kappa shape index (κ1) is 11.5. The minimum absolute atomic E-state index is 0.122. The van der Waals surface area contributed by atoms with Crippen molar-refractivity contribution >= 4 is 5.91 Å². The first-order valence-electron chi connectivity index (χ1n) is 7.32. The van der Waals surface area contributed by atoms with Crippen molar-refractivity contribution in [3.8, 4) is 0 Å². The molecule has 3 fully saturated rings. The lowest BCUT2D eigenvalue weighted by atomic mass is 9.82. The number of carbonyl (C=O) groups excluding carboxylic acids is 1. The zero-order valence-electron chi connectivity index (χ0n) is 11.0. The van der Waals surface area contributed by atoms with E-state index in [1.54, 1.807) is 0 Å². The van der Waals surface area contributed by atoms with Gasteiger partial charge in [0.2, 0.25) is 5.91 Å². The standard InChI is InChI=1S/C16H19NO2/c18-15-10-13-8-4-5-9-16(13)17(15)14(11-19-16)12-6-2-1-3-7-12/h1-3,6-7,13-14H,4-5,8-11H2/t13-,14+,16+/m1/s1. The van der Waals surface area contributed by atoms with E-state index in [-0.39, 0.29) is 11.8 Å². The van der Waals surface area contributed by atoms with E-state index in [0.717, 1.165) is 12.8 Å². The van der Waals surface area contributed by atoms with Crippen molar-refractivity contribution in [2.24, 2.45) is 5.92 Å². The maximum Gasteiger partial charge on any atom is 0.225 e. The average Bonchev–Trinajstić information content (AvgIpc) is 2.95. The minimum Gasteiger partial charge on any atom is -0.353 e. The monoisotopic (exact) mass is 257 g/mol. The second-order valence-electron chi connectivity index (χ2n) is 5.99. The Hall–Kier alpha value is -1.35. The van der Waals surface area contributed by atoms with E-state index in [1.807, 2.05) is 18.2 Å². The summed E-state index contributed by atoms with van der Waals surface area (Å²) < 4.78 is 6.21. The molecule has 3 atom stereocenters. The molecule has 1 saturated carbocycles. The molecule has 0 aromatic heterocycles. The van der Waals surface area contributed by atoms with Gasteiger partial charge in [-0.25, -0.2) is 0 Å². The summed E-state index contributed by atoms with van der Waals surface area (Å²) in [6, 6.07) is 10.4. The van der Waals surface area contributed by atoms with Crippen molar-refractivity contribution < 1.29 is 9.53 Å². The number of ether oxygens (including phenoxy) is 1. The van der Waals surface area contributed by atoms with E-state index < -0.39 is 0 Å². The molecule has 1 spiro atoms. The van der Waals surface area contributed by atoms with Gasteiger partial charge in [0.15, 0.2) is 0 Å². The van der Waals surface area contributed by atoms with Crippen LogP contribution in [0.15, 0.2) is 30.3 Å². The second kappa shape index (κ2) is 4.07. The molecule has 1 amide bonds. The Bertz CT molecular complexity index is 501. The van der Waals surface area contributed by atoms with E-state index in [9.17, 15) is 4.79 Å². The third-order valence-corrected chi connectivity index (χ3v) is 5.06. The molecular formula is C16H19NO2. The van der Waals surface area contributed by atoms with Gasteiger partial charge in [-0.1, -0.05) is 36.8 Å². The summed E-state index contributed by atoms with van der Waals surface area (Å²) >= 11 is 0. The molecule has 100 valence electrons. The topological polar surface area (TPSA) is 29.5 Å². The fourth-order valence-corrected chi connectivity index (χ4v) is 4.21. The van der Waals surface area contributed by atoms with E-state index in [2.05, 4.69) is 17.0 Å². The van der Waals surface area contributed by atoms with Crippen LogP contribution in [0.1, 0.15) is 43.7 Å². The van der Waals surface area contributed by atoms with Gasteiger partial charge in [-0.2, -0.15) is 0 Å². The SMILES string of the molecule is O=C1C[C@H]2CCCC[C@]23OC[C@@H](c2ccccc2)N13.